The van der Waals surface area contributed by atoms with Gasteiger partial charge in [-0.1, -0.05) is 20.8 Å². The number of aromatic nitrogens is 2. The summed E-state index contributed by atoms with van der Waals surface area (Å²) in [5.74, 6) is 1.72. The SMILES string of the molecule is CCNCC1CCC1Cc1ccn(C(CC)CC)n1. The highest BCUT2D eigenvalue weighted by atomic mass is 15.3. The van der Waals surface area contributed by atoms with Gasteiger partial charge in [0.25, 0.3) is 0 Å². The minimum atomic E-state index is 0.577. The van der Waals surface area contributed by atoms with E-state index in [4.69, 9.17) is 5.10 Å². The third-order valence-electron chi connectivity index (χ3n) is 4.68. The van der Waals surface area contributed by atoms with Crippen molar-refractivity contribution in [1.29, 1.82) is 0 Å². The van der Waals surface area contributed by atoms with E-state index in [1.54, 1.807) is 0 Å². The fourth-order valence-corrected chi connectivity index (χ4v) is 3.13. The Hall–Kier alpha value is -0.830. The monoisotopic (exact) mass is 263 g/mol. The fourth-order valence-electron chi connectivity index (χ4n) is 3.13. The van der Waals surface area contributed by atoms with Gasteiger partial charge in [-0.2, -0.15) is 5.10 Å². The summed E-state index contributed by atoms with van der Waals surface area (Å²) < 4.78 is 2.17. The van der Waals surface area contributed by atoms with Crippen LogP contribution in [0, 0.1) is 11.8 Å². The second-order valence-corrected chi connectivity index (χ2v) is 5.87. The van der Waals surface area contributed by atoms with E-state index < -0.39 is 0 Å². The zero-order valence-corrected chi connectivity index (χ0v) is 12.7. The van der Waals surface area contributed by atoms with Crippen molar-refractivity contribution in [2.45, 2.75) is 58.9 Å². The van der Waals surface area contributed by atoms with Crippen molar-refractivity contribution in [3.8, 4) is 0 Å². The average Bonchev–Trinajstić information content (AvgIpc) is 2.85. The standard InChI is InChI=1S/C16H29N3/c1-4-16(5-2)19-10-9-15(18-19)11-13-7-8-14(13)12-17-6-3/h9-10,13-14,16-17H,4-8,11-12H2,1-3H3. The highest BCUT2D eigenvalue weighted by Crippen LogP contribution is 2.36. The highest BCUT2D eigenvalue weighted by molar-refractivity contribution is 5.03. The Kier molecular flexibility index (Phi) is 5.44. The van der Waals surface area contributed by atoms with Gasteiger partial charge in [-0.25, -0.2) is 0 Å². The molecule has 19 heavy (non-hydrogen) atoms. The summed E-state index contributed by atoms with van der Waals surface area (Å²) in [6, 6.07) is 2.80. The minimum absolute atomic E-state index is 0.577. The predicted molar refractivity (Wildman–Crippen MR) is 80.3 cm³/mol. The topological polar surface area (TPSA) is 29.9 Å². The normalized spacial score (nSPS) is 22.7. The van der Waals surface area contributed by atoms with Crippen LogP contribution in [0.4, 0.5) is 0 Å². The summed E-state index contributed by atoms with van der Waals surface area (Å²) in [4.78, 5) is 0. The summed E-state index contributed by atoms with van der Waals surface area (Å²) in [6.07, 6.45) is 8.46. The van der Waals surface area contributed by atoms with Crippen LogP contribution in [0.25, 0.3) is 0 Å². The zero-order valence-electron chi connectivity index (χ0n) is 12.7. The van der Waals surface area contributed by atoms with E-state index in [2.05, 4.69) is 43.0 Å². The molecule has 1 saturated carbocycles. The zero-order chi connectivity index (χ0) is 13.7. The van der Waals surface area contributed by atoms with Crippen LogP contribution < -0.4 is 5.32 Å². The molecule has 0 aliphatic heterocycles. The van der Waals surface area contributed by atoms with Crippen LogP contribution in [0.2, 0.25) is 0 Å². The molecule has 0 spiro atoms. The van der Waals surface area contributed by atoms with Gasteiger partial charge in [-0.05, 0) is 63.1 Å². The predicted octanol–water partition coefficient (Wildman–Crippen LogP) is 3.42. The second kappa shape index (κ2) is 7.09. The Morgan fingerprint density at radius 3 is 2.58 bits per heavy atom. The van der Waals surface area contributed by atoms with Crippen LogP contribution in [-0.2, 0) is 6.42 Å². The first-order valence-electron chi connectivity index (χ1n) is 8.03. The van der Waals surface area contributed by atoms with Gasteiger partial charge >= 0.3 is 0 Å². The van der Waals surface area contributed by atoms with Crippen LogP contribution in [0.3, 0.4) is 0 Å². The lowest BCUT2D eigenvalue weighted by molar-refractivity contribution is 0.170. The van der Waals surface area contributed by atoms with Crippen LogP contribution >= 0.6 is 0 Å². The van der Waals surface area contributed by atoms with Crippen molar-refractivity contribution in [3.05, 3.63) is 18.0 Å². The van der Waals surface area contributed by atoms with E-state index in [1.807, 2.05) is 0 Å². The molecule has 0 radical (unpaired) electrons. The van der Waals surface area contributed by atoms with Gasteiger partial charge in [0.1, 0.15) is 0 Å². The van der Waals surface area contributed by atoms with Crippen molar-refractivity contribution in [2.24, 2.45) is 11.8 Å². The quantitative estimate of drug-likeness (QED) is 0.779. The molecule has 108 valence electrons. The summed E-state index contributed by atoms with van der Waals surface area (Å²) in [7, 11) is 0. The summed E-state index contributed by atoms with van der Waals surface area (Å²) in [6.45, 7) is 8.95. The van der Waals surface area contributed by atoms with Gasteiger partial charge in [-0.15, -0.1) is 0 Å². The largest absolute Gasteiger partial charge is 0.317 e. The Morgan fingerprint density at radius 2 is 2.00 bits per heavy atom. The molecule has 2 atom stereocenters. The Bertz CT molecular complexity index is 368. The number of nitrogens with one attached hydrogen (secondary N) is 1. The molecule has 1 aromatic heterocycles. The van der Waals surface area contributed by atoms with Crippen LogP contribution in [0.5, 0.6) is 0 Å². The molecule has 1 fully saturated rings. The molecule has 1 N–H and O–H groups in total. The molecule has 1 heterocycles. The third-order valence-corrected chi connectivity index (χ3v) is 4.68. The average molecular weight is 263 g/mol. The number of hydrogen-bond donors (Lipinski definition) is 1. The molecular formula is C16H29N3. The van der Waals surface area contributed by atoms with E-state index >= 15 is 0 Å². The van der Waals surface area contributed by atoms with Crippen molar-refractivity contribution in [3.63, 3.8) is 0 Å². The number of hydrogen-bond acceptors (Lipinski definition) is 2. The summed E-state index contributed by atoms with van der Waals surface area (Å²) in [5.41, 5.74) is 1.29. The van der Waals surface area contributed by atoms with Crippen LogP contribution in [0.1, 0.15) is 58.2 Å². The molecule has 2 unspecified atom stereocenters. The molecule has 2 rings (SSSR count). The molecule has 1 aromatic rings. The van der Waals surface area contributed by atoms with Crippen LogP contribution in [-0.4, -0.2) is 22.9 Å². The van der Waals surface area contributed by atoms with Crippen molar-refractivity contribution in [1.82, 2.24) is 15.1 Å². The van der Waals surface area contributed by atoms with Gasteiger partial charge in [0.15, 0.2) is 0 Å². The van der Waals surface area contributed by atoms with E-state index in [1.165, 1.54) is 44.3 Å². The molecule has 0 bridgehead atoms. The van der Waals surface area contributed by atoms with Crippen molar-refractivity contribution >= 4 is 0 Å². The minimum Gasteiger partial charge on any atom is -0.317 e. The van der Waals surface area contributed by atoms with E-state index in [9.17, 15) is 0 Å². The Balaban J connectivity index is 1.86. The molecular weight excluding hydrogens is 234 g/mol. The van der Waals surface area contributed by atoms with E-state index in [-0.39, 0.29) is 0 Å². The van der Waals surface area contributed by atoms with Crippen molar-refractivity contribution in [2.75, 3.05) is 13.1 Å². The van der Waals surface area contributed by atoms with Gasteiger partial charge in [0.05, 0.1) is 11.7 Å². The number of rotatable bonds is 8. The molecule has 1 aliphatic rings. The molecule has 1 aliphatic carbocycles. The lowest BCUT2D eigenvalue weighted by atomic mass is 9.71. The fraction of sp³-hybridized carbons (Fsp3) is 0.812. The Morgan fingerprint density at radius 1 is 1.26 bits per heavy atom. The van der Waals surface area contributed by atoms with Gasteiger partial charge in [0, 0.05) is 6.20 Å². The first kappa shape index (κ1) is 14.6. The Labute approximate surface area is 117 Å². The molecule has 3 nitrogen and oxygen atoms in total. The van der Waals surface area contributed by atoms with E-state index in [0.29, 0.717) is 6.04 Å². The number of nitrogens with zero attached hydrogens (tertiary/aromatic N) is 2. The smallest absolute Gasteiger partial charge is 0.0627 e. The maximum Gasteiger partial charge on any atom is 0.0627 e. The third kappa shape index (κ3) is 3.59. The van der Waals surface area contributed by atoms with Crippen LogP contribution in [0.15, 0.2) is 12.3 Å². The van der Waals surface area contributed by atoms with Gasteiger partial charge < -0.3 is 5.32 Å². The molecule has 0 aromatic carbocycles. The first-order valence-corrected chi connectivity index (χ1v) is 8.03. The molecule has 0 amide bonds. The maximum atomic E-state index is 4.79. The first-order chi connectivity index (χ1) is 9.28. The van der Waals surface area contributed by atoms with E-state index in [0.717, 1.165) is 18.4 Å². The molecule has 0 saturated heterocycles. The van der Waals surface area contributed by atoms with Gasteiger partial charge in [0.2, 0.25) is 0 Å². The van der Waals surface area contributed by atoms with Gasteiger partial charge in [-0.3, -0.25) is 4.68 Å². The summed E-state index contributed by atoms with van der Waals surface area (Å²) in [5, 5.41) is 8.27. The molecule has 3 heteroatoms. The second-order valence-electron chi connectivity index (χ2n) is 5.87. The lowest BCUT2D eigenvalue weighted by Gasteiger charge is -2.36. The highest BCUT2D eigenvalue weighted by Gasteiger charge is 2.30. The maximum absolute atomic E-state index is 4.79. The summed E-state index contributed by atoms with van der Waals surface area (Å²) >= 11 is 0. The lowest BCUT2D eigenvalue weighted by Crippen LogP contribution is -2.36. The van der Waals surface area contributed by atoms with Crippen molar-refractivity contribution < 1.29 is 0 Å².